The number of hydrogen-bond donors (Lipinski definition) is 2. The Bertz CT molecular complexity index is 1040. The second-order valence-corrected chi connectivity index (χ2v) is 8.39. The van der Waals surface area contributed by atoms with Crippen LogP contribution < -0.4 is 5.32 Å². The number of benzene rings is 1. The van der Waals surface area contributed by atoms with Gasteiger partial charge in [0.1, 0.15) is 11.8 Å². The van der Waals surface area contributed by atoms with Crippen LogP contribution >= 0.6 is 0 Å². The number of pyridine rings is 1. The Morgan fingerprint density at radius 3 is 2.41 bits per heavy atom. The number of amides is 2. The third kappa shape index (κ3) is 9.03. The molecule has 37 heavy (non-hydrogen) atoms. The van der Waals surface area contributed by atoms with Crippen molar-refractivity contribution < 1.29 is 20.9 Å². The van der Waals surface area contributed by atoms with E-state index in [0.717, 1.165) is 11.1 Å². The Labute approximate surface area is 222 Å². The van der Waals surface area contributed by atoms with E-state index in [1.165, 1.54) is 0 Å². The van der Waals surface area contributed by atoms with Gasteiger partial charge in [0.2, 0.25) is 11.8 Å². The van der Waals surface area contributed by atoms with E-state index >= 15 is 0 Å². The summed E-state index contributed by atoms with van der Waals surface area (Å²) in [6.07, 6.45) is 10.4. The van der Waals surface area contributed by atoms with Gasteiger partial charge in [-0.15, -0.1) is 0 Å². The van der Waals surface area contributed by atoms with Gasteiger partial charge in [-0.05, 0) is 60.2 Å². The lowest BCUT2D eigenvalue weighted by Gasteiger charge is -2.39. The summed E-state index contributed by atoms with van der Waals surface area (Å²) in [6.45, 7) is 12.8. The molecule has 200 valence electrons. The van der Waals surface area contributed by atoms with Crippen LogP contribution in [0.4, 0.5) is 0 Å². The van der Waals surface area contributed by atoms with Crippen molar-refractivity contribution in [2.45, 2.75) is 51.6 Å². The summed E-state index contributed by atoms with van der Waals surface area (Å²) in [5, 5.41) is 12.5. The lowest BCUT2D eigenvalue weighted by molar-refractivity contribution is -0.145. The second kappa shape index (κ2) is 16.1. The predicted molar refractivity (Wildman–Crippen MR) is 149 cm³/mol. The molecule has 2 aromatic rings. The number of allylic oxidation sites excluding steroid dienone is 2. The van der Waals surface area contributed by atoms with E-state index in [2.05, 4.69) is 23.5 Å². The van der Waals surface area contributed by atoms with E-state index < -0.39 is 6.04 Å². The average Bonchev–Trinajstić information content (AvgIpc) is 2.95. The molecule has 1 aliphatic heterocycles. The summed E-state index contributed by atoms with van der Waals surface area (Å²) in [4.78, 5) is 33.1. The first kappa shape index (κ1) is 29.5. The third-order valence-corrected chi connectivity index (χ3v) is 6.05. The van der Waals surface area contributed by atoms with Gasteiger partial charge in [-0.1, -0.05) is 57.4 Å². The summed E-state index contributed by atoms with van der Waals surface area (Å²) in [6, 6.07) is 9.45. The van der Waals surface area contributed by atoms with Crippen LogP contribution in [0.3, 0.4) is 0 Å². The Balaban J connectivity index is 0.00000235. The number of nitrogens with one attached hydrogen (secondary N) is 1. The van der Waals surface area contributed by atoms with Crippen LogP contribution in [0.5, 0.6) is 5.75 Å². The topological polar surface area (TPSA) is 91.8 Å². The maximum Gasteiger partial charge on any atom is 0.247 e. The first-order chi connectivity index (χ1) is 18.0. The molecule has 2 N–H and O–H groups in total. The molecular formula is C30H41N3O4. The first-order valence-corrected chi connectivity index (χ1v) is 12.8. The van der Waals surface area contributed by atoms with Crippen molar-refractivity contribution in [1.82, 2.24) is 15.2 Å². The van der Waals surface area contributed by atoms with E-state index in [1.807, 2.05) is 13.8 Å². The minimum atomic E-state index is -0.803. The largest absolute Gasteiger partial charge is 0.508 e. The van der Waals surface area contributed by atoms with Crippen LogP contribution in [0.15, 0.2) is 85.8 Å². The van der Waals surface area contributed by atoms with Crippen LogP contribution in [0.2, 0.25) is 0 Å². The highest BCUT2D eigenvalue weighted by atomic mass is 16.5. The van der Waals surface area contributed by atoms with E-state index in [1.54, 1.807) is 71.9 Å². The summed E-state index contributed by atoms with van der Waals surface area (Å²) < 4.78 is 5.54. The van der Waals surface area contributed by atoms with E-state index in [4.69, 9.17) is 4.74 Å². The second-order valence-electron chi connectivity index (χ2n) is 8.39. The summed E-state index contributed by atoms with van der Waals surface area (Å²) in [5.74, 6) is -0.187. The van der Waals surface area contributed by atoms with Crippen molar-refractivity contribution >= 4 is 11.8 Å². The zero-order chi connectivity index (χ0) is 27.0. The Morgan fingerprint density at radius 2 is 1.81 bits per heavy atom. The molecule has 0 spiro atoms. The predicted octanol–water partition coefficient (Wildman–Crippen LogP) is 5.16. The number of hydrogen-bond acceptors (Lipinski definition) is 5. The van der Waals surface area contributed by atoms with Gasteiger partial charge in [0.25, 0.3) is 0 Å². The van der Waals surface area contributed by atoms with Gasteiger partial charge in [-0.2, -0.15) is 0 Å². The van der Waals surface area contributed by atoms with Crippen LogP contribution in [0.25, 0.3) is 0 Å². The van der Waals surface area contributed by atoms with Gasteiger partial charge in [0.05, 0.1) is 0 Å². The zero-order valence-electron chi connectivity index (χ0n) is 21.9. The molecule has 7 nitrogen and oxygen atoms in total. The highest BCUT2D eigenvalue weighted by Gasteiger charge is 2.36. The van der Waals surface area contributed by atoms with Gasteiger partial charge in [-0.3, -0.25) is 14.6 Å². The van der Waals surface area contributed by atoms with Crippen molar-refractivity contribution in [3.05, 3.63) is 96.9 Å². The van der Waals surface area contributed by atoms with Crippen molar-refractivity contribution in [3.8, 4) is 5.75 Å². The molecule has 0 radical (unpaired) electrons. The Morgan fingerprint density at radius 1 is 1.16 bits per heavy atom. The zero-order valence-corrected chi connectivity index (χ0v) is 21.9. The Kier molecular flexibility index (Phi) is 12.9. The molecule has 1 aromatic carbocycles. The lowest BCUT2D eigenvalue weighted by atomic mass is 9.97. The molecule has 1 aromatic heterocycles. The normalized spacial score (nSPS) is 14.5. The van der Waals surface area contributed by atoms with Gasteiger partial charge in [-0.25, -0.2) is 0 Å². The fourth-order valence-electron chi connectivity index (χ4n) is 4.19. The fraction of sp³-hybridized carbons (Fsp3) is 0.367. The summed E-state index contributed by atoms with van der Waals surface area (Å²) >= 11 is 0. The number of aromatic hydroxyl groups is 1. The van der Waals surface area contributed by atoms with Crippen molar-refractivity contribution in [3.63, 3.8) is 0 Å². The number of phenolic OH excluding ortho intramolecular Hbond substituents is 1. The smallest absolute Gasteiger partial charge is 0.247 e. The molecule has 2 heterocycles. The minimum absolute atomic E-state index is 0. The first-order valence-electron chi connectivity index (χ1n) is 12.8. The highest BCUT2D eigenvalue weighted by molar-refractivity contribution is 5.89. The van der Waals surface area contributed by atoms with Crippen molar-refractivity contribution in [1.29, 1.82) is 0 Å². The van der Waals surface area contributed by atoms with Gasteiger partial charge in [0, 0.05) is 46.0 Å². The fourth-order valence-corrected chi connectivity index (χ4v) is 4.19. The maximum absolute atomic E-state index is 13.7. The molecule has 1 atom stereocenters. The number of aromatic nitrogens is 1. The van der Waals surface area contributed by atoms with Crippen molar-refractivity contribution in [2.24, 2.45) is 0 Å². The van der Waals surface area contributed by atoms with E-state index in [-0.39, 0.29) is 38.0 Å². The molecule has 0 bridgehead atoms. The van der Waals surface area contributed by atoms with Crippen LogP contribution in [-0.2, 0) is 20.7 Å². The number of carbonyl (C=O) groups excluding carboxylic acids is 2. The van der Waals surface area contributed by atoms with Gasteiger partial charge in [0.15, 0.2) is 0 Å². The molecule has 1 aliphatic rings. The number of phenols is 1. The average molecular weight is 508 g/mol. The van der Waals surface area contributed by atoms with Crippen LogP contribution in [0, 0.1) is 0 Å². The molecule has 1 unspecified atom stereocenters. The summed E-state index contributed by atoms with van der Waals surface area (Å²) in [7, 11) is 0. The standard InChI is InChI=1S/C28H33N3O4.C2H6.H2/c1-3-5-21(4-2)20-30-28(34)27(23-12-16-29-17-13-23)31(24-14-18-35-19-15-24)26(33)11-8-22-6-9-25(32)10-7-22;1-2;/h3-7,9-10,12-13,16-17,24,27,32H,1-2,8,11,14-15,18-20H2,(H,30,34);1-2H3;1H/b21-5+;;. The van der Waals surface area contributed by atoms with Gasteiger partial charge >= 0.3 is 0 Å². The molecule has 1 saturated heterocycles. The van der Waals surface area contributed by atoms with Gasteiger partial charge < -0.3 is 20.1 Å². The third-order valence-electron chi connectivity index (χ3n) is 6.05. The number of rotatable bonds is 11. The Hall–Kier alpha value is -3.71. The minimum Gasteiger partial charge on any atom is -0.508 e. The molecule has 1 fully saturated rings. The maximum atomic E-state index is 13.7. The number of nitrogens with zero attached hydrogens (tertiary/aromatic N) is 2. The number of aryl methyl sites for hydroxylation is 1. The number of ether oxygens (including phenoxy) is 1. The number of carbonyl (C=O) groups is 2. The van der Waals surface area contributed by atoms with Crippen molar-refractivity contribution in [2.75, 3.05) is 19.8 Å². The molecule has 2 amide bonds. The molecule has 0 aliphatic carbocycles. The van der Waals surface area contributed by atoms with E-state index in [0.29, 0.717) is 38.0 Å². The lowest BCUT2D eigenvalue weighted by Crippen LogP contribution is -2.50. The van der Waals surface area contributed by atoms with E-state index in [9.17, 15) is 14.7 Å². The molecule has 0 saturated carbocycles. The highest BCUT2D eigenvalue weighted by Crippen LogP contribution is 2.29. The van der Waals surface area contributed by atoms with Crippen LogP contribution in [0.1, 0.15) is 51.7 Å². The monoisotopic (exact) mass is 507 g/mol. The quantitative estimate of drug-likeness (QED) is 0.410. The molecule has 7 heteroatoms. The molecule has 3 rings (SSSR count). The van der Waals surface area contributed by atoms with Crippen LogP contribution in [-0.4, -0.2) is 52.6 Å². The molecular weight excluding hydrogens is 466 g/mol. The SMILES string of the molecule is C=C/C=C(\C=C)CNC(=O)C(c1ccncc1)N(C(=O)CCc1ccc(O)cc1)C1CCOCC1.CC.[HH]. The summed E-state index contributed by atoms with van der Waals surface area (Å²) in [5.41, 5.74) is 2.46.